The second-order valence-electron chi connectivity index (χ2n) is 5.00. The van der Waals surface area contributed by atoms with Crippen LogP contribution in [-0.2, 0) is 0 Å². The lowest BCUT2D eigenvalue weighted by molar-refractivity contribution is -0.0307. The molecule has 0 bridgehead atoms. The van der Waals surface area contributed by atoms with Gasteiger partial charge in [-0.2, -0.15) is 0 Å². The van der Waals surface area contributed by atoms with Crippen molar-refractivity contribution < 1.29 is 9.90 Å². The molecule has 1 atom stereocenters. The summed E-state index contributed by atoms with van der Waals surface area (Å²) in [6, 6.07) is 3.42. The lowest BCUT2D eigenvalue weighted by atomic mass is 9.87. The fourth-order valence-electron chi connectivity index (χ4n) is 2.28. The van der Waals surface area contributed by atoms with Crippen LogP contribution in [0.5, 0.6) is 0 Å². The van der Waals surface area contributed by atoms with Gasteiger partial charge in [-0.1, -0.05) is 0 Å². The van der Waals surface area contributed by atoms with Crippen LogP contribution in [0.4, 0.5) is 0 Å². The molecular formula is C13H18N2O2. The van der Waals surface area contributed by atoms with Gasteiger partial charge in [0.15, 0.2) is 0 Å². The van der Waals surface area contributed by atoms with Gasteiger partial charge in [0, 0.05) is 24.5 Å². The van der Waals surface area contributed by atoms with E-state index in [4.69, 9.17) is 0 Å². The molecule has 1 N–H and O–H groups in total. The second kappa shape index (κ2) is 4.45. The molecule has 0 saturated carbocycles. The smallest absolute Gasteiger partial charge is 0.254 e. The summed E-state index contributed by atoms with van der Waals surface area (Å²) in [5.74, 6) is -0.0313. The molecule has 92 valence electrons. The molecule has 0 spiro atoms. The van der Waals surface area contributed by atoms with Crippen LogP contribution in [-0.4, -0.2) is 39.1 Å². The molecule has 1 amide bonds. The maximum atomic E-state index is 12.3. The average Bonchev–Trinajstić information content (AvgIpc) is 2.33. The Morgan fingerprint density at radius 2 is 2.12 bits per heavy atom. The van der Waals surface area contributed by atoms with Gasteiger partial charge >= 0.3 is 0 Å². The van der Waals surface area contributed by atoms with Gasteiger partial charge in [0.25, 0.3) is 5.91 Å². The standard InChI is InChI=1S/C13H18N2O2/c1-13(2)11(16)4-3-9-15(13)12(17)10-5-7-14-8-6-10/h5-8,11,16H,3-4,9H2,1-2H3. The molecule has 2 heterocycles. The minimum Gasteiger partial charge on any atom is -0.391 e. The van der Waals surface area contributed by atoms with Crippen LogP contribution in [0.2, 0.25) is 0 Å². The largest absolute Gasteiger partial charge is 0.391 e. The SMILES string of the molecule is CC1(C)C(O)CCCN1C(=O)c1ccncc1. The molecule has 1 saturated heterocycles. The zero-order valence-corrected chi connectivity index (χ0v) is 10.3. The first-order chi connectivity index (χ1) is 8.03. The first-order valence-corrected chi connectivity index (χ1v) is 5.93. The molecule has 1 aromatic heterocycles. The van der Waals surface area contributed by atoms with Crippen molar-refractivity contribution in [2.75, 3.05) is 6.54 Å². The number of carbonyl (C=O) groups is 1. The molecule has 4 nitrogen and oxygen atoms in total. The third kappa shape index (κ3) is 2.17. The molecule has 1 aromatic rings. The number of hydrogen-bond acceptors (Lipinski definition) is 3. The number of piperidine rings is 1. The Hall–Kier alpha value is -1.42. The Kier molecular flexibility index (Phi) is 3.15. The number of aliphatic hydroxyl groups is 1. The van der Waals surface area contributed by atoms with Gasteiger partial charge in [0.2, 0.25) is 0 Å². The van der Waals surface area contributed by atoms with E-state index in [1.165, 1.54) is 0 Å². The zero-order valence-electron chi connectivity index (χ0n) is 10.3. The molecule has 0 aliphatic carbocycles. The number of amides is 1. The van der Waals surface area contributed by atoms with Crippen molar-refractivity contribution in [3.63, 3.8) is 0 Å². The Bertz CT molecular complexity index is 403. The topological polar surface area (TPSA) is 53.4 Å². The van der Waals surface area contributed by atoms with E-state index in [9.17, 15) is 9.90 Å². The van der Waals surface area contributed by atoms with Crippen LogP contribution >= 0.6 is 0 Å². The fraction of sp³-hybridized carbons (Fsp3) is 0.538. The van der Waals surface area contributed by atoms with Crippen molar-refractivity contribution in [2.24, 2.45) is 0 Å². The number of rotatable bonds is 1. The molecular weight excluding hydrogens is 216 g/mol. The van der Waals surface area contributed by atoms with E-state index in [1.807, 2.05) is 13.8 Å². The van der Waals surface area contributed by atoms with Crippen LogP contribution in [0, 0.1) is 0 Å². The number of likely N-dealkylation sites (tertiary alicyclic amines) is 1. The van der Waals surface area contributed by atoms with Crippen LogP contribution in [0.25, 0.3) is 0 Å². The number of aromatic nitrogens is 1. The summed E-state index contributed by atoms with van der Waals surface area (Å²) >= 11 is 0. The molecule has 1 fully saturated rings. The summed E-state index contributed by atoms with van der Waals surface area (Å²) in [6.07, 6.45) is 4.37. The highest BCUT2D eigenvalue weighted by Crippen LogP contribution is 2.29. The number of nitrogens with zero attached hydrogens (tertiary/aromatic N) is 2. The van der Waals surface area contributed by atoms with Crippen LogP contribution < -0.4 is 0 Å². The Labute approximate surface area is 101 Å². The van der Waals surface area contributed by atoms with Crippen molar-refractivity contribution in [1.82, 2.24) is 9.88 Å². The van der Waals surface area contributed by atoms with Crippen LogP contribution in [0.3, 0.4) is 0 Å². The van der Waals surface area contributed by atoms with E-state index in [0.29, 0.717) is 12.1 Å². The Balaban J connectivity index is 2.25. The summed E-state index contributed by atoms with van der Waals surface area (Å²) in [4.78, 5) is 18.0. The highest BCUT2D eigenvalue weighted by atomic mass is 16.3. The minimum absolute atomic E-state index is 0.0313. The fourth-order valence-corrected chi connectivity index (χ4v) is 2.28. The van der Waals surface area contributed by atoms with Gasteiger partial charge in [-0.05, 0) is 38.8 Å². The van der Waals surface area contributed by atoms with Crippen molar-refractivity contribution in [2.45, 2.75) is 38.3 Å². The summed E-state index contributed by atoms with van der Waals surface area (Å²) < 4.78 is 0. The number of pyridine rings is 1. The summed E-state index contributed by atoms with van der Waals surface area (Å²) in [6.45, 7) is 4.52. The predicted octanol–water partition coefficient (Wildman–Crippen LogP) is 1.46. The van der Waals surface area contributed by atoms with Gasteiger partial charge < -0.3 is 10.0 Å². The highest BCUT2D eigenvalue weighted by molar-refractivity contribution is 5.94. The predicted molar refractivity (Wildman–Crippen MR) is 64.6 cm³/mol. The lowest BCUT2D eigenvalue weighted by Crippen LogP contribution is -2.58. The number of carbonyl (C=O) groups excluding carboxylic acids is 1. The van der Waals surface area contributed by atoms with Gasteiger partial charge in [-0.3, -0.25) is 9.78 Å². The molecule has 4 heteroatoms. The average molecular weight is 234 g/mol. The minimum atomic E-state index is -0.501. The normalized spacial score (nSPS) is 23.5. The number of aliphatic hydroxyl groups excluding tert-OH is 1. The van der Waals surface area contributed by atoms with E-state index >= 15 is 0 Å². The Morgan fingerprint density at radius 1 is 1.47 bits per heavy atom. The molecule has 1 aliphatic heterocycles. The van der Waals surface area contributed by atoms with E-state index in [-0.39, 0.29) is 5.91 Å². The van der Waals surface area contributed by atoms with E-state index in [0.717, 1.165) is 12.8 Å². The molecule has 2 rings (SSSR count). The maximum absolute atomic E-state index is 12.3. The monoisotopic (exact) mass is 234 g/mol. The third-order valence-corrected chi connectivity index (χ3v) is 3.54. The van der Waals surface area contributed by atoms with Crippen molar-refractivity contribution in [3.05, 3.63) is 30.1 Å². The molecule has 0 radical (unpaired) electrons. The second-order valence-corrected chi connectivity index (χ2v) is 5.00. The lowest BCUT2D eigenvalue weighted by Gasteiger charge is -2.45. The molecule has 1 unspecified atom stereocenters. The van der Waals surface area contributed by atoms with E-state index < -0.39 is 11.6 Å². The highest BCUT2D eigenvalue weighted by Gasteiger charge is 2.40. The first-order valence-electron chi connectivity index (χ1n) is 5.93. The third-order valence-electron chi connectivity index (χ3n) is 3.54. The van der Waals surface area contributed by atoms with Crippen molar-refractivity contribution >= 4 is 5.91 Å². The van der Waals surface area contributed by atoms with Gasteiger partial charge in [-0.25, -0.2) is 0 Å². The first kappa shape index (κ1) is 12.0. The summed E-state index contributed by atoms with van der Waals surface area (Å²) in [7, 11) is 0. The van der Waals surface area contributed by atoms with E-state index in [2.05, 4.69) is 4.98 Å². The van der Waals surface area contributed by atoms with E-state index in [1.54, 1.807) is 29.4 Å². The van der Waals surface area contributed by atoms with Crippen molar-refractivity contribution in [1.29, 1.82) is 0 Å². The van der Waals surface area contributed by atoms with Gasteiger partial charge in [0.05, 0.1) is 11.6 Å². The summed E-state index contributed by atoms with van der Waals surface area (Å²) in [5, 5.41) is 10.00. The zero-order chi connectivity index (χ0) is 12.5. The quantitative estimate of drug-likeness (QED) is 0.800. The maximum Gasteiger partial charge on any atom is 0.254 e. The molecule has 1 aliphatic rings. The van der Waals surface area contributed by atoms with Crippen LogP contribution in [0.15, 0.2) is 24.5 Å². The molecule has 17 heavy (non-hydrogen) atoms. The van der Waals surface area contributed by atoms with Crippen LogP contribution in [0.1, 0.15) is 37.0 Å². The number of hydrogen-bond donors (Lipinski definition) is 1. The summed E-state index contributed by atoms with van der Waals surface area (Å²) in [5.41, 5.74) is 0.126. The van der Waals surface area contributed by atoms with Crippen molar-refractivity contribution in [3.8, 4) is 0 Å². The van der Waals surface area contributed by atoms with Gasteiger partial charge in [-0.15, -0.1) is 0 Å². The Morgan fingerprint density at radius 3 is 2.76 bits per heavy atom. The van der Waals surface area contributed by atoms with Gasteiger partial charge in [0.1, 0.15) is 0 Å². The molecule has 0 aromatic carbocycles.